The van der Waals surface area contributed by atoms with Crippen molar-refractivity contribution in [2.24, 2.45) is 0 Å². The fourth-order valence-corrected chi connectivity index (χ4v) is 9.12. The molecule has 31 heavy (non-hydrogen) atoms. The van der Waals surface area contributed by atoms with Crippen molar-refractivity contribution in [2.45, 2.75) is 78.1 Å². The Bertz CT molecular complexity index is 1310. The first-order chi connectivity index (χ1) is 15.2. The molecule has 0 fully saturated rings. The van der Waals surface area contributed by atoms with E-state index in [-0.39, 0.29) is 0 Å². The Hall–Kier alpha value is -1.42. The van der Waals surface area contributed by atoms with Gasteiger partial charge in [0.05, 0.1) is 18.8 Å². The Morgan fingerprint density at radius 1 is 0.581 bits per heavy atom. The molecule has 0 amide bonds. The number of benzene rings is 2. The second kappa shape index (κ2) is 9.60. The summed E-state index contributed by atoms with van der Waals surface area (Å²) in [5.74, 6) is 0. The molecule has 0 unspecified atom stereocenters. The quantitative estimate of drug-likeness (QED) is 0.180. The minimum absolute atomic E-state index is 1.23. The van der Waals surface area contributed by atoms with E-state index in [1.807, 2.05) is 34.0 Å². The second-order valence-electron chi connectivity index (χ2n) is 9.03. The van der Waals surface area contributed by atoms with Gasteiger partial charge in [0.15, 0.2) is 0 Å². The molecule has 0 radical (unpaired) electrons. The van der Waals surface area contributed by atoms with E-state index in [1.165, 1.54) is 114 Å². The summed E-state index contributed by atoms with van der Waals surface area (Å²) in [5, 5.41) is 2.90. The summed E-state index contributed by atoms with van der Waals surface area (Å²) in [5.41, 5.74) is 2.88. The first-order valence-corrected chi connectivity index (χ1v) is 14.5. The average molecular weight is 465 g/mol. The van der Waals surface area contributed by atoms with Gasteiger partial charge in [0, 0.05) is 20.2 Å². The number of rotatable bonds is 10. The lowest BCUT2D eigenvalue weighted by molar-refractivity contribution is 0.565. The lowest BCUT2D eigenvalue weighted by atomic mass is 10.0. The van der Waals surface area contributed by atoms with E-state index < -0.39 is 0 Å². The van der Waals surface area contributed by atoms with Crippen LogP contribution >= 0.6 is 34.0 Å². The van der Waals surface area contributed by atoms with Crippen molar-refractivity contribution < 1.29 is 0 Å². The molecule has 0 atom stereocenters. The fraction of sp³-hybridized carbons (Fsp3) is 0.429. The summed E-state index contributed by atoms with van der Waals surface area (Å²) < 4.78 is 8.91. The molecule has 0 N–H and O–H groups in total. The van der Waals surface area contributed by atoms with Gasteiger partial charge in [-0.1, -0.05) is 82.6 Å². The van der Waals surface area contributed by atoms with Crippen LogP contribution in [0.5, 0.6) is 0 Å². The highest BCUT2D eigenvalue weighted by Gasteiger charge is 2.16. The number of hydrogen-bond acceptors (Lipinski definition) is 3. The van der Waals surface area contributed by atoms with Crippen LogP contribution in [-0.4, -0.2) is 0 Å². The van der Waals surface area contributed by atoms with Gasteiger partial charge in [0.2, 0.25) is 0 Å². The zero-order valence-corrected chi connectivity index (χ0v) is 21.2. The third-order valence-electron chi connectivity index (χ3n) is 6.49. The molecule has 5 rings (SSSR count). The van der Waals surface area contributed by atoms with Crippen LogP contribution in [-0.2, 0) is 6.42 Å². The van der Waals surface area contributed by atoms with Crippen molar-refractivity contribution >= 4 is 73.0 Å². The largest absolute Gasteiger partial charge is 0.133 e. The van der Waals surface area contributed by atoms with Crippen LogP contribution in [0.3, 0.4) is 0 Å². The van der Waals surface area contributed by atoms with Crippen LogP contribution in [0.2, 0.25) is 0 Å². The van der Waals surface area contributed by atoms with E-state index >= 15 is 0 Å². The average Bonchev–Trinajstić information content (AvgIpc) is 3.40. The Kier molecular flexibility index (Phi) is 6.64. The predicted molar refractivity (Wildman–Crippen MR) is 146 cm³/mol. The zero-order chi connectivity index (χ0) is 21.2. The number of thiophene rings is 3. The van der Waals surface area contributed by atoms with Crippen LogP contribution in [0, 0.1) is 6.92 Å². The Labute approximate surface area is 197 Å². The van der Waals surface area contributed by atoms with Crippen LogP contribution in [0.4, 0.5) is 0 Å². The summed E-state index contributed by atoms with van der Waals surface area (Å²) in [4.78, 5) is 0. The topological polar surface area (TPSA) is 0 Å². The molecular formula is C28H32S3. The molecule has 0 saturated carbocycles. The minimum atomic E-state index is 1.23. The van der Waals surface area contributed by atoms with Gasteiger partial charge < -0.3 is 0 Å². The Balaban J connectivity index is 1.26. The fourth-order valence-electron chi connectivity index (χ4n) is 4.70. The molecule has 3 heterocycles. The maximum Gasteiger partial charge on any atom is 0.0642 e. The normalized spacial score (nSPS) is 12.2. The van der Waals surface area contributed by atoms with Crippen LogP contribution in [0.1, 0.15) is 75.8 Å². The Morgan fingerprint density at radius 2 is 1.16 bits per heavy atom. The maximum absolute atomic E-state index is 2.47. The molecule has 0 spiro atoms. The van der Waals surface area contributed by atoms with Gasteiger partial charge in [0.25, 0.3) is 0 Å². The second-order valence-corrected chi connectivity index (χ2v) is 12.2. The van der Waals surface area contributed by atoms with Gasteiger partial charge in [-0.2, -0.15) is 0 Å². The highest BCUT2D eigenvalue weighted by atomic mass is 32.1. The first kappa shape index (κ1) is 21.4. The number of hydrogen-bond donors (Lipinski definition) is 0. The highest BCUT2D eigenvalue weighted by Crippen LogP contribution is 2.50. The van der Waals surface area contributed by atoms with E-state index in [4.69, 9.17) is 0 Å². The van der Waals surface area contributed by atoms with Crippen molar-refractivity contribution in [3.63, 3.8) is 0 Å². The van der Waals surface area contributed by atoms with Crippen LogP contribution in [0.25, 0.3) is 39.0 Å². The number of fused-ring (bicyclic) bond motifs is 7. The van der Waals surface area contributed by atoms with E-state index in [9.17, 15) is 0 Å². The monoisotopic (exact) mass is 464 g/mol. The molecule has 0 aliphatic rings. The lowest BCUT2D eigenvalue weighted by Gasteiger charge is -2.03. The molecular weight excluding hydrogens is 433 g/mol. The van der Waals surface area contributed by atoms with E-state index in [1.54, 1.807) is 0 Å². The van der Waals surface area contributed by atoms with E-state index in [2.05, 4.69) is 50.2 Å². The molecule has 5 aromatic rings. The van der Waals surface area contributed by atoms with Crippen LogP contribution < -0.4 is 0 Å². The molecule has 162 valence electrons. The summed E-state index contributed by atoms with van der Waals surface area (Å²) in [7, 11) is 0. The molecule has 3 aromatic heterocycles. The Morgan fingerprint density at radius 3 is 1.84 bits per heavy atom. The zero-order valence-electron chi connectivity index (χ0n) is 18.8. The van der Waals surface area contributed by atoms with Crippen molar-refractivity contribution in [1.82, 2.24) is 0 Å². The van der Waals surface area contributed by atoms with E-state index in [0.717, 1.165) is 0 Å². The van der Waals surface area contributed by atoms with Gasteiger partial charge in [-0.3, -0.25) is 0 Å². The van der Waals surface area contributed by atoms with Gasteiger partial charge in [-0.15, -0.1) is 34.0 Å². The van der Waals surface area contributed by atoms with Gasteiger partial charge >= 0.3 is 0 Å². The lowest BCUT2D eigenvalue weighted by Crippen LogP contribution is -1.86. The smallest absolute Gasteiger partial charge is 0.0642 e. The molecule has 0 bridgehead atoms. The van der Waals surface area contributed by atoms with E-state index in [0.29, 0.717) is 0 Å². The molecule has 2 aromatic carbocycles. The molecule has 0 nitrogen and oxygen atoms in total. The van der Waals surface area contributed by atoms with Gasteiger partial charge in [0.1, 0.15) is 0 Å². The van der Waals surface area contributed by atoms with Crippen LogP contribution in [0.15, 0.2) is 36.4 Å². The van der Waals surface area contributed by atoms with Crippen molar-refractivity contribution in [2.75, 3.05) is 0 Å². The predicted octanol–water partition coefficient (Wildman–Crippen LogP) is 10.9. The van der Waals surface area contributed by atoms with Gasteiger partial charge in [-0.05, 0) is 43.0 Å². The standard InChI is InChI=1S/C28H32S3/c1-3-4-5-6-7-8-9-10-11-12-20-14-16-22-24(18-20)30-28-26(22)31-25-21-15-13-19(2)17-23(21)29-27(25)28/h13-18H,3-12H2,1-2H3. The summed E-state index contributed by atoms with van der Waals surface area (Å²) in [6.07, 6.45) is 13.8. The van der Waals surface area contributed by atoms with Crippen molar-refractivity contribution in [3.8, 4) is 0 Å². The SMILES string of the molecule is CCCCCCCCCCCc1ccc2c(c1)sc1c2sc2c3ccc(C)cc3sc21. The maximum atomic E-state index is 2.47. The summed E-state index contributed by atoms with van der Waals surface area (Å²) in [6, 6.07) is 14.2. The number of aryl methyl sites for hydroxylation is 2. The molecule has 0 saturated heterocycles. The first-order valence-electron chi connectivity index (χ1n) is 12.0. The highest BCUT2D eigenvalue weighted by molar-refractivity contribution is 7.43. The van der Waals surface area contributed by atoms with Crippen molar-refractivity contribution in [3.05, 3.63) is 47.5 Å². The van der Waals surface area contributed by atoms with Gasteiger partial charge in [-0.25, -0.2) is 0 Å². The molecule has 3 heteroatoms. The summed E-state index contributed by atoms with van der Waals surface area (Å²) >= 11 is 5.99. The van der Waals surface area contributed by atoms with Crippen molar-refractivity contribution in [1.29, 1.82) is 0 Å². The molecule has 0 aliphatic heterocycles. The minimum Gasteiger partial charge on any atom is -0.133 e. The summed E-state index contributed by atoms with van der Waals surface area (Å²) in [6.45, 7) is 4.49. The third kappa shape index (κ3) is 4.42. The molecule has 0 aliphatic carbocycles. The third-order valence-corrected chi connectivity index (χ3v) is 10.5. The number of unbranched alkanes of at least 4 members (excludes halogenated alkanes) is 8.